The fourth-order valence-electron chi connectivity index (χ4n) is 0.941. The van der Waals surface area contributed by atoms with Crippen LogP contribution in [0, 0.1) is 5.82 Å². The monoisotopic (exact) mass is 355 g/mol. The first-order valence-electron chi connectivity index (χ1n) is 4.51. The quantitative estimate of drug-likeness (QED) is 0.637. The van der Waals surface area contributed by atoms with Gasteiger partial charge in [0.25, 0.3) is 6.17 Å². The molecule has 1 N–H and O–H groups in total. The van der Waals surface area contributed by atoms with Crippen LogP contribution in [0.25, 0.3) is 0 Å². The van der Waals surface area contributed by atoms with Crippen LogP contribution in [0.15, 0.2) is 22.7 Å². The molecular weight excluding hydrogens is 351 g/mol. The highest BCUT2D eigenvalue weighted by molar-refractivity contribution is 9.10. The molecule has 108 valence electrons. The van der Waals surface area contributed by atoms with Gasteiger partial charge in [0, 0.05) is 4.47 Å². The lowest BCUT2D eigenvalue weighted by atomic mass is 10.3. The normalized spacial score (nSPS) is 14.3. The molecular formula is C9H5BrF7NO. The first-order valence-corrected chi connectivity index (χ1v) is 5.31. The third-order valence-electron chi connectivity index (χ3n) is 1.81. The summed E-state index contributed by atoms with van der Waals surface area (Å²) in [6, 6.07) is 2.98. The van der Waals surface area contributed by atoms with Gasteiger partial charge < -0.3 is 0 Å². The molecule has 0 amide bonds. The van der Waals surface area contributed by atoms with Gasteiger partial charge in [-0.05, 0) is 18.2 Å². The lowest BCUT2D eigenvalue weighted by Gasteiger charge is -2.22. The molecule has 2 nitrogen and oxygen atoms in total. The molecule has 0 aliphatic rings. The van der Waals surface area contributed by atoms with Gasteiger partial charge in [0.15, 0.2) is 0 Å². The van der Waals surface area contributed by atoms with Gasteiger partial charge in [-0.2, -0.15) is 22.0 Å². The number of rotatable bonds is 4. The summed E-state index contributed by atoms with van der Waals surface area (Å²) < 4.78 is 86.5. The maximum Gasteiger partial charge on any atom is 0.428 e. The summed E-state index contributed by atoms with van der Waals surface area (Å²) in [5, 5.41) is 0. The van der Waals surface area contributed by atoms with Gasteiger partial charge >= 0.3 is 12.3 Å². The number of hydrogen-bond acceptors (Lipinski definition) is 2. The molecule has 0 saturated carbocycles. The third-order valence-corrected chi connectivity index (χ3v) is 2.30. The van der Waals surface area contributed by atoms with Crippen LogP contribution < -0.4 is 5.48 Å². The van der Waals surface area contributed by atoms with Gasteiger partial charge in [0.05, 0.1) is 5.69 Å². The summed E-state index contributed by atoms with van der Waals surface area (Å²) in [5.41, 5.74) is 0.575. The van der Waals surface area contributed by atoms with Gasteiger partial charge in [0.1, 0.15) is 5.82 Å². The molecule has 19 heavy (non-hydrogen) atoms. The Bertz CT molecular complexity index is 451. The number of anilines is 1. The van der Waals surface area contributed by atoms with E-state index in [2.05, 4.69) is 20.8 Å². The molecule has 0 spiro atoms. The van der Waals surface area contributed by atoms with Crippen LogP contribution in [0.2, 0.25) is 0 Å². The van der Waals surface area contributed by atoms with Crippen molar-refractivity contribution in [1.82, 2.24) is 0 Å². The summed E-state index contributed by atoms with van der Waals surface area (Å²) in [6.45, 7) is 0. The van der Waals surface area contributed by atoms with E-state index in [1.807, 2.05) is 0 Å². The molecule has 0 bridgehead atoms. The molecule has 0 fully saturated rings. The molecule has 1 unspecified atom stereocenters. The van der Waals surface area contributed by atoms with Crippen molar-refractivity contribution in [3.63, 3.8) is 0 Å². The molecule has 0 heterocycles. The molecule has 1 aromatic carbocycles. The number of benzene rings is 1. The minimum atomic E-state index is -5.80. The molecule has 0 radical (unpaired) electrons. The molecule has 1 atom stereocenters. The Labute approximate surface area is 110 Å². The van der Waals surface area contributed by atoms with Crippen molar-refractivity contribution >= 4 is 21.6 Å². The predicted octanol–water partition coefficient (Wildman–Crippen LogP) is 4.42. The zero-order chi connectivity index (χ0) is 14.8. The Kier molecular flexibility index (Phi) is 4.67. The number of alkyl halides is 6. The van der Waals surface area contributed by atoms with Crippen LogP contribution in [0.1, 0.15) is 0 Å². The maximum atomic E-state index is 13.1. The van der Waals surface area contributed by atoms with E-state index in [-0.39, 0.29) is 4.47 Å². The highest BCUT2D eigenvalue weighted by Crippen LogP contribution is 2.36. The van der Waals surface area contributed by atoms with E-state index in [4.69, 9.17) is 0 Å². The van der Waals surface area contributed by atoms with E-state index in [9.17, 15) is 30.7 Å². The number of nitrogens with one attached hydrogen (secondary N) is 1. The molecule has 0 aliphatic carbocycles. The Balaban J connectivity index is 2.78. The van der Waals surface area contributed by atoms with Crippen LogP contribution in [0.3, 0.4) is 0 Å². The van der Waals surface area contributed by atoms with Gasteiger partial charge in [-0.3, -0.25) is 5.48 Å². The van der Waals surface area contributed by atoms with E-state index >= 15 is 0 Å². The van der Waals surface area contributed by atoms with Gasteiger partial charge in [-0.15, -0.1) is 0 Å². The Morgan fingerprint density at radius 1 is 1.16 bits per heavy atom. The van der Waals surface area contributed by atoms with Crippen LogP contribution in [-0.4, -0.2) is 18.5 Å². The predicted molar refractivity (Wildman–Crippen MR) is 54.7 cm³/mol. The van der Waals surface area contributed by atoms with Gasteiger partial charge in [-0.25, -0.2) is 13.6 Å². The third kappa shape index (κ3) is 4.23. The number of hydrogen-bond donors (Lipinski definition) is 1. The van der Waals surface area contributed by atoms with E-state index in [0.29, 0.717) is 0 Å². The van der Waals surface area contributed by atoms with Crippen LogP contribution in [0.5, 0.6) is 0 Å². The summed E-state index contributed by atoms with van der Waals surface area (Å²) in [5.74, 6) is -1.07. The van der Waals surface area contributed by atoms with E-state index < -0.39 is 30.0 Å². The minimum Gasteiger partial charge on any atom is -0.258 e. The molecule has 1 aromatic rings. The van der Waals surface area contributed by atoms with Crippen molar-refractivity contribution < 1.29 is 35.6 Å². The summed E-state index contributed by atoms with van der Waals surface area (Å²) >= 11 is 2.87. The Morgan fingerprint density at radius 2 is 1.74 bits per heavy atom. The summed E-state index contributed by atoms with van der Waals surface area (Å²) in [4.78, 5) is 3.30. The van der Waals surface area contributed by atoms with Crippen LogP contribution in [0.4, 0.5) is 36.4 Å². The fraction of sp³-hybridized carbons (Fsp3) is 0.333. The zero-order valence-electron chi connectivity index (χ0n) is 8.74. The second-order valence-electron chi connectivity index (χ2n) is 3.29. The van der Waals surface area contributed by atoms with Crippen molar-refractivity contribution in [1.29, 1.82) is 0 Å². The second-order valence-corrected chi connectivity index (χ2v) is 4.21. The van der Waals surface area contributed by atoms with E-state index in [0.717, 1.165) is 12.1 Å². The topological polar surface area (TPSA) is 21.3 Å². The lowest BCUT2D eigenvalue weighted by Crippen LogP contribution is -2.44. The highest BCUT2D eigenvalue weighted by Gasteiger charge is 2.58. The van der Waals surface area contributed by atoms with Crippen molar-refractivity contribution in [3.05, 3.63) is 28.5 Å². The largest absolute Gasteiger partial charge is 0.428 e. The highest BCUT2D eigenvalue weighted by atomic mass is 79.9. The second kappa shape index (κ2) is 5.53. The molecule has 0 aromatic heterocycles. The first-order chi connectivity index (χ1) is 8.54. The first kappa shape index (κ1) is 16.0. The van der Waals surface area contributed by atoms with Crippen molar-refractivity contribution in [2.24, 2.45) is 0 Å². The molecule has 1 rings (SSSR count). The van der Waals surface area contributed by atoms with Crippen LogP contribution in [-0.2, 0) is 4.84 Å². The maximum absolute atomic E-state index is 13.1. The van der Waals surface area contributed by atoms with Gasteiger partial charge in [0.2, 0.25) is 0 Å². The summed E-state index contributed by atoms with van der Waals surface area (Å²) in [7, 11) is 0. The minimum absolute atomic E-state index is 0.246. The van der Waals surface area contributed by atoms with Crippen molar-refractivity contribution in [2.45, 2.75) is 18.5 Å². The SMILES string of the molecule is Fc1ccc(Br)cc1NOC(F)(F)C(F)C(F)(F)F. The Morgan fingerprint density at radius 3 is 2.26 bits per heavy atom. The van der Waals surface area contributed by atoms with E-state index in [1.165, 1.54) is 11.5 Å². The lowest BCUT2D eigenvalue weighted by molar-refractivity contribution is -0.327. The Hall–Kier alpha value is -1.03. The molecule has 0 aliphatic heterocycles. The fourth-order valence-corrected chi connectivity index (χ4v) is 1.30. The number of halogens is 8. The van der Waals surface area contributed by atoms with E-state index in [1.54, 1.807) is 0 Å². The molecule has 10 heteroatoms. The van der Waals surface area contributed by atoms with Crippen molar-refractivity contribution in [3.8, 4) is 0 Å². The van der Waals surface area contributed by atoms with Crippen molar-refractivity contribution in [2.75, 3.05) is 5.48 Å². The standard InChI is InChI=1S/C9H5BrF7NO/c10-4-1-2-5(11)6(3-4)18-19-9(16,17)7(12)8(13,14)15/h1-3,7,18H. The average Bonchev–Trinajstić information content (AvgIpc) is 2.28. The van der Waals surface area contributed by atoms with Gasteiger partial charge in [-0.1, -0.05) is 15.9 Å². The smallest absolute Gasteiger partial charge is 0.258 e. The average molecular weight is 356 g/mol. The zero-order valence-corrected chi connectivity index (χ0v) is 10.3. The molecule has 0 saturated heterocycles. The van der Waals surface area contributed by atoms with Crippen LogP contribution >= 0.6 is 15.9 Å². The summed E-state index contributed by atoms with van der Waals surface area (Å²) in [6.07, 6.45) is -15.5.